The summed E-state index contributed by atoms with van der Waals surface area (Å²) in [6.45, 7) is 6.01. The molecule has 182 valence electrons. The summed E-state index contributed by atoms with van der Waals surface area (Å²) in [5.41, 5.74) is 1.51. The van der Waals surface area contributed by atoms with Gasteiger partial charge in [0.1, 0.15) is 18.8 Å². The van der Waals surface area contributed by atoms with Crippen LogP contribution in [0.2, 0.25) is 0 Å². The number of anilines is 1. The minimum atomic E-state index is -3.96. The van der Waals surface area contributed by atoms with Crippen molar-refractivity contribution in [3.63, 3.8) is 0 Å². The number of nitrogens with zero attached hydrogens (tertiary/aromatic N) is 1. The molecule has 9 nitrogen and oxygen atoms in total. The van der Waals surface area contributed by atoms with Crippen molar-refractivity contribution < 1.29 is 27.5 Å². The summed E-state index contributed by atoms with van der Waals surface area (Å²) in [6.07, 6.45) is 0.197. The first-order valence-electron chi connectivity index (χ1n) is 11.3. The number of amides is 2. The van der Waals surface area contributed by atoms with Gasteiger partial charge >= 0.3 is 0 Å². The van der Waals surface area contributed by atoms with Gasteiger partial charge < -0.3 is 19.7 Å². The zero-order chi connectivity index (χ0) is 24.5. The highest BCUT2D eigenvalue weighted by Gasteiger charge is 2.31. The monoisotopic (exact) mass is 487 g/mol. The van der Waals surface area contributed by atoms with Crippen LogP contribution in [0.25, 0.3) is 0 Å². The van der Waals surface area contributed by atoms with Gasteiger partial charge in [-0.25, -0.2) is 8.42 Å². The summed E-state index contributed by atoms with van der Waals surface area (Å²) in [5.74, 6) is 0.444. The van der Waals surface area contributed by atoms with Crippen LogP contribution in [0, 0.1) is 5.92 Å². The van der Waals surface area contributed by atoms with E-state index >= 15 is 0 Å². The molecule has 2 aliphatic heterocycles. The van der Waals surface area contributed by atoms with Gasteiger partial charge in [-0.15, -0.1) is 0 Å². The van der Waals surface area contributed by atoms with Crippen LogP contribution < -0.4 is 24.4 Å². The summed E-state index contributed by atoms with van der Waals surface area (Å²) in [7, 11) is -3.96. The Kier molecular flexibility index (Phi) is 6.81. The topological polar surface area (TPSA) is 114 Å². The lowest BCUT2D eigenvalue weighted by Gasteiger charge is -2.28. The van der Waals surface area contributed by atoms with Gasteiger partial charge in [-0.3, -0.25) is 9.59 Å². The van der Waals surface area contributed by atoms with E-state index in [0.717, 1.165) is 11.3 Å². The van der Waals surface area contributed by atoms with E-state index in [9.17, 15) is 18.0 Å². The van der Waals surface area contributed by atoms with E-state index in [1.807, 2.05) is 18.2 Å². The largest absolute Gasteiger partial charge is 0.486 e. The smallest absolute Gasteiger partial charge is 0.241 e. The van der Waals surface area contributed by atoms with E-state index in [2.05, 4.69) is 10.0 Å². The van der Waals surface area contributed by atoms with E-state index in [4.69, 9.17) is 9.47 Å². The molecule has 0 aromatic heterocycles. The number of para-hydroxylation sites is 2. The van der Waals surface area contributed by atoms with Crippen LogP contribution in [-0.4, -0.2) is 52.1 Å². The molecule has 10 heteroatoms. The molecule has 0 aliphatic carbocycles. The number of rotatable bonds is 7. The standard InChI is InChI=1S/C24H29N3O6S/c1-15(2)23(24(29)25-13-18-14-32-21-6-4-5-7-22(21)33-18)26-34(30,31)19-8-9-20-17(12-19)10-11-27(20)16(3)28/h4-9,12,15,18,23,26H,10-11,13-14H2,1-3H3,(H,25,29). The second-order valence-corrected chi connectivity index (χ2v) is 10.5. The van der Waals surface area contributed by atoms with Crippen molar-refractivity contribution in [3.8, 4) is 11.5 Å². The fourth-order valence-electron chi connectivity index (χ4n) is 4.09. The number of carbonyl (C=O) groups is 2. The molecule has 0 saturated carbocycles. The van der Waals surface area contributed by atoms with Gasteiger partial charge in [-0.05, 0) is 48.2 Å². The first-order chi connectivity index (χ1) is 16.2. The highest BCUT2D eigenvalue weighted by atomic mass is 32.2. The lowest BCUT2D eigenvalue weighted by Crippen LogP contribution is -2.52. The fourth-order valence-corrected chi connectivity index (χ4v) is 5.48. The minimum absolute atomic E-state index is 0.0655. The Morgan fingerprint density at radius 1 is 1.15 bits per heavy atom. The molecule has 2 aromatic carbocycles. The van der Waals surface area contributed by atoms with Crippen molar-refractivity contribution in [1.29, 1.82) is 0 Å². The van der Waals surface area contributed by atoms with Crippen LogP contribution in [0.5, 0.6) is 11.5 Å². The van der Waals surface area contributed by atoms with E-state index < -0.39 is 22.0 Å². The average Bonchev–Trinajstić information content (AvgIpc) is 3.24. The van der Waals surface area contributed by atoms with Crippen molar-refractivity contribution in [1.82, 2.24) is 10.0 Å². The number of nitrogens with one attached hydrogen (secondary N) is 2. The van der Waals surface area contributed by atoms with E-state index in [-0.39, 0.29) is 36.0 Å². The molecule has 4 rings (SSSR count). The first kappa shape index (κ1) is 24.0. The van der Waals surface area contributed by atoms with Gasteiger partial charge in [-0.1, -0.05) is 26.0 Å². The van der Waals surface area contributed by atoms with Crippen LogP contribution in [-0.2, 0) is 26.0 Å². The molecule has 2 atom stereocenters. The molecule has 2 unspecified atom stereocenters. The van der Waals surface area contributed by atoms with Gasteiger partial charge in [0.05, 0.1) is 11.4 Å². The van der Waals surface area contributed by atoms with Crippen molar-refractivity contribution in [3.05, 3.63) is 48.0 Å². The van der Waals surface area contributed by atoms with Crippen LogP contribution >= 0.6 is 0 Å². The van der Waals surface area contributed by atoms with Gasteiger partial charge in [0.25, 0.3) is 0 Å². The predicted octanol–water partition coefficient (Wildman–Crippen LogP) is 1.85. The summed E-state index contributed by atoms with van der Waals surface area (Å²) >= 11 is 0. The number of hydrogen-bond acceptors (Lipinski definition) is 6. The van der Waals surface area contributed by atoms with Crippen LogP contribution in [0.15, 0.2) is 47.4 Å². The van der Waals surface area contributed by atoms with Crippen molar-refractivity contribution in [2.24, 2.45) is 5.92 Å². The normalized spacial score (nSPS) is 17.9. The molecular weight excluding hydrogens is 458 g/mol. The number of sulfonamides is 1. The zero-order valence-electron chi connectivity index (χ0n) is 19.4. The number of hydrogen-bond donors (Lipinski definition) is 2. The van der Waals surface area contributed by atoms with Crippen molar-refractivity contribution >= 4 is 27.5 Å². The lowest BCUT2D eigenvalue weighted by molar-refractivity contribution is -0.124. The molecule has 2 amide bonds. The minimum Gasteiger partial charge on any atom is -0.486 e. The summed E-state index contributed by atoms with van der Waals surface area (Å²) < 4.78 is 40.2. The number of fused-ring (bicyclic) bond motifs is 2. The van der Waals surface area contributed by atoms with Crippen LogP contribution in [0.4, 0.5) is 5.69 Å². The maximum Gasteiger partial charge on any atom is 0.241 e. The third kappa shape index (κ3) is 5.02. The first-order valence-corrected chi connectivity index (χ1v) is 12.7. The Balaban J connectivity index is 1.41. The quantitative estimate of drug-likeness (QED) is 0.616. The SMILES string of the molecule is CC(=O)N1CCc2cc(S(=O)(=O)NC(C(=O)NCC3COc4ccccc4O3)C(C)C)ccc21. The molecule has 2 aromatic rings. The second kappa shape index (κ2) is 9.63. The lowest BCUT2D eigenvalue weighted by atomic mass is 10.1. The highest BCUT2D eigenvalue weighted by molar-refractivity contribution is 7.89. The van der Waals surface area contributed by atoms with E-state index in [1.54, 1.807) is 36.9 Å². The molecule has 2 heterocycles. The molecular formula is C24H29N3O6S. The van der Waals surface area contributed by atoms with Gasteiger partial charge in [0.2, 0.25) is 21.8 Å². The van der Waals surface area contributed by atoms with Crippen LogP contribution in [0.1, 0.15) is 26.3 Å². The maximum absolute atomic E-state index is 13.1. The molecule has 2 aliphatic rings. The number of ether oxygens (including phenoxy) is 2. The summed E-state index contributed by atoms with van der Waals surface area (Å²) in [6, 6.07) is 11.0. The molecule has 0 saturated heterocycles. The third-order valence-corrected chi connectivity index (χ3v) is 7.38. The Labute approximate surface area is 199 Å². The van der Waals surface area contributed by atoms with Gasteiger partial charge in [0.15, 0.2) is 11.5 Å². The molecule has 2 N–H and O–H groups in total. The molecule has 0 bridgehead atoms. The third-order valence-electron chi connectivity index (χ3n) is 5.94. The Hall–Kier alpha value is -3.11. The molecule has 34 heavy (non-hydrogen) atoms. The Morgan fingerprint density at radius 3 is 2.59 bits per heavy atom. The van der Waals surface area contributed by atoms with Gasteiger partial charge in [-0.2, -0.15) is 4.72 Å². The highest BCUT2D eigenvalue weighted by Crippen LogP contribution is 2.31. The van der Waals surface area contributed by atoms with Crippen molar-refractivity contribution in [2.75, 3.05) is 24.6 Å². The van der Waals surface area contributed by atoms with Crippen molar-refractivity contribution in [2.45, 2.75) is 44.2 Å². The number of benzene rings is 2. The average molecular weight is 488 g/mol. The fraction of sp³-hybridized carbons (Fsp3) is 0.417. The summed E-state index contributed by atoms with van der Waals surface area (Å²) in [5, 5.41) is 2.78. The van der Waals surface area contributed by atoms with Crippen LogP contribution in [0.3, 0.4) is 0 Å². The summed E-state index contributed by atoms with van der Waals surface area (Å²) in [4.78, 5) is 26.4. The molecule has 0 radical (unpaired) electrons. The second-order valence-electron chi connectivity index (χ2n) is 8.80. The zero-order valence-corrected chi connectivity index (χ0v) is 20.2. The maximum atomic E-state index is 13.1. The van der Waals surface area contributed by atoms with E-state index in [1.165, 1.54) is 13.0 Å². The Morgan fingerprint density at radius 2 is 1.88 bits per heavy atom. The van der Waals surface area contributed by atoms with E-state index in [0.29, 0.717) is 24.5 Å². The number of carbonyl (C=O) groups excluding carboxylic acids is 2. The predicted molar refractivity (Wildman–Crippen MR) is 126 cm³/mol. The molecule has 0 spiro atoms. The Bertz CT molecular complexity index is 1200. The van der Waals surface area contributed by atoms with Gasteiger partial charge in [0, 0.05) is 19.2 Å². The molecule has 0 fully saturated rings.